The van der Waals surface area contributed by atoms with Crippen molar-refractivity contribution in [2.75, 3.05) is 18.0 Å². The Morgan fingerprint density at radius 1 is 0.792 bits per heavy atom. The van der Waals surface area contributed by atoms with Crippen LogP contribution in [0.2, 0.25) is 0 Å². The van der Waals surface area contributed by atoms with Crippen LogP contribution in [0.3, 0.4) is 0 Å². The Morgan fingerprint density at radius 2 is 1.25 bits per heavy atom. The van der Waals surface area contributed by atoms with E-state index in [1.807, 2.05) is 43.3 Å². The van der Waals surface area contributed by atoms with Gasteiger partial charge in [-0.25, -0.2) is 0 Å². The van der Waals surface area contributed by atoms with Crippen LogP contribution >= 0.6 is 0 Å². The van der Waals surface area contributed by atoms with Crippen molar-refractivity contribution in [2.24, 2.45) is 0 Å². The van der Waals surface area contributed by atoms with Crippen LogP contribution < -0.4 is 4.90 Å². The molecule has 0 fully saturated rings. The van der Waals surface area contributed by atoms with Gasteiger partial charge < -0.3 is 4.90 Å². The van der Waals surface area contributed by atoms with Gasteiger partial charge in [0.15, 0.2) is 5.78 Å². The maximum Gasteiger partial charge on any atom is 0.193 e. The Labute approximate surface area is 146 Å². The van der Waals surface area contributed by atoms with Crippen molar-refractivity contribution in [3.63, 3.8) is 0 Å². The molecule has 0 atom stereocenters. The zero-order chi connectivity index (χ0) is 17.4. The normalized spacial score (nSPS) is 10.6. The first-order valence-corrected chi connectivity index (χ1v) is 9.12. The van der Waals surface area contributed by atoms with Gasteiger partial charge in [-0.15, -0.1) is 0 Å². The third kappa shape index (κ3) is 4.95. The minimum absolute atomic E-state index is 0.0928. The molecular weight excluding hydrogens is 294 g/mol. The summed E-state index contributed by atoms with van der Waals surface area (Å²) in [5.41, 5.74) is 3.90. The number of benzene rings is 2. The lowest BCUT2D eigenvalue weighted by atomic mass is 10.0. The number of carbonyl (C=O) groups excluding carboxylic acids is 1. The van der Waals surface area contributed by atoms with Crippen molar-refractivity contribution in [3.8, 4) is 0 Å². The molecule has 0 saturated carbocycles. The summed E-state index contributed by atoms with van der Waals surface area (Å²) >= 11 is 0. The van der Waals surface area contributed by atoms with E-state index in [1.165, 1.54) is 36.9 Å². The lowest BCUT2D eigenvalue weighted by Gasteiger charge is -2.24. The molecule has 0 aromatic heterocycles. The Bertz CT molecular complexity index is 620. The molecule has 128 valence electrons. The van der Waals surface area contributed by atoms with Gasteiger partial charge in [0.25, 0.3) is 0 Å². The van der Waals surface area contributed by atoms with Gasteiger partial charge in [0, 0.05) is 29.9 Å². The molecule has 2 aromatic carbocycles. The zero-order valence-electron chi connectivity index (χ0n) is 15.2. The number of anilines is 1. The second-order valence-electron chi connectivity index (χ2n) is 6.44. The number of hydrogen-bond acceptors (Lipinski definition) is 2. The number of nitrogens with zero attached hydrogens (tertiary/aromatic N) is 1. The second-order valence-corrected chi connectivity index (χ2v) is 6.44. The average molecular weight is 323 g/mol. The predicted molar refractivity (Wildman–Crippen MR) is 103 cm³/mol. The van der Waals surface area contributed by atoms with Crippen LogP contribution in [0, 0.1) is 6.92 Å². The molecule has 0 aliphatic carbocycles. The standard InChI is InChI=1S/C22H29NO/c1-4-6-16-23(17-7-5-2)21-14-12-20(13-15-21)22(24)19-10-8-18(3)9-11-19/h8-15H,4-7,16-17H2,1-3H3. The number of hydrogen-bond donors (Lipinski definition) is 0. The summed E-state index contributed by atoms with van der Waals surface area (Å²) in [5, 5.41) is 0. The average Bonchev–Trinajstić information content (AvgIpc) is 2.62. The quantitative estimate of drug-likeness (QED) is 0.557. The van der Waals surface area contributed by atoms with Gasteiger partial charge in [-0.2, -0.15) is 0 Å². The van der Waals surface area contributed by atoms with Gasteiger partial charge in [-0.3, -0.25) is 4.79 Å². The number of unbranched alkanes of at least 4 members (excludes halogenated alkanes) is 2. The molecule has 2 rings (SSSR count). The van der Waals surface area contributed by atoms with E-state index >= 15 is 0 Å². The summed E-state index contributed by atoms with van der Waals surface area (Å²) in [6, 6.07) is 15.9. The maximum absolute atomic E-state index is 12.6. The lowest BCUT2D eigenvalue weighted by Crippen LogP contribution is -2.25. The molecule has 0 aliphatic rings. The van der Waals surface area contributed by atoms with E-state index < -0.39 is 0 Å². The third-order valence-electron chi connectivity index (χ3n) is 4.37. The van der Waals surface area contributed by atoms with Crippen molar-refractivity contribution in [1.29, 1.82) is 0 Å². The Kier molecular flexibility index (Phi) is 7.05. The number of rotatable bonds is 9. The summed E-state index contributed by atoms with van der Waals surface area (Å²) in [7, 11) is 0. The van der Waals surface area contributed by atoms with Gasteiger partial charge in [-0.1, -0.05) is 56.5 Å². The highest BCUT2D eigenvalue weighted by Gasteiger charge is 2.10. The van der Waals surface area contributed by atoms with E-state index in [9.17, 15) is 4.79 Å². The summed E-state index contributed by atoms with van der Waals surface area (Å²) in [5.74, 6) is 0.0928. The summed E-state index contributed by atoms with van der Waals surface area (Å²) in [4.78, 5) is 15.0. The predicted octanol–water partition coefficient (Wildman–Crippen LogP) is 5.63. The molecule has 0 bridgehead atoms. The molecule has 24 heavy (non-hydrogen) atoms. The van der Waals surface area contributed by atoms with Crippen LogP contribution in [0.4, 0.5) is 5.69 Å². The molecule has 0 spiro atoms. The van der Waals surface area contributed by atoms with Crippen LogP contribution in [0.1, 0.15) is 61.0 Å². The number of carbonyl (C=O) groups is 1. The fraction of sp³-hybridized carbons (Fsp3) is 0.409. The fourth-order valence-corrected chi connectivity index (χ4v) is 2.76. The van der Waals surface area contributed by atoms with E-state index in [1.54, 1.807) is 0 Å². The van der Waals surface area contributed by atoms with Crippen molar-refractivity contribution in [3.05, 3.63) is 65.2 Å². The molecule has 0 amide bonds. The Hall–Kier alpha value is -2.09. The highest BCUT2D eigenvalue weighted by atomic mass is 16.1. The molecule has 0 unspecified atom stereocenters. The van der Waals surface area contributed by atoms with Crippen LogP contribution in [-0.4, -0.2) is 18.9 Å². The molecule has 0 saturated heterocycles. The first-order valence-electron chi connectivity index (χ1n) is 9.12. The van der Waals surface area contributed by atoms with E-state index in [0.717, 1.165) is 24.2 Å². The molecule has 0 radical (unpaired) electrons. The fourth-order valence-electron chi connectivity index (χ4n) is 2.76. The monoisotopic (exact) mass is 323 g/mol. The smallest absolute Gasteiger partial charge is 0.193 e. The van der Waals surface area contributed by atoms with Crippen molar-refractivity contribution >= 4 is 11.5 Å². The first-order chi connectivity index (χ1) is 11.7. The SMILES string of the molecule is CCCCN(CCCC)c1ccc(C(=O)c2ccc(C)cc2)cc1. The van der Waals surface area contributed by atoms with Crippen LogP contribution in [-0.2, 0) is 0 Å². The summed E-state index contributed by atoms with van der Waals surface area (Å²) in [6.45, 7) is 8.65. The topological polar surface area (TPSA) is 20.3 Å². The highest BCUT2D eigenvalue weighted by Crippen LogP contribution is 2.19. The molecule has 2 nitrogen and oxygen atoms in total. The highest BCUT2D eigenvalue weighted by molar-refractivity contribution is 6.09. The Balaban J connectivity index is 2.12. The molecular formula is C22H29NO. The molecule has 0 heterocycles. The molecule has 2 heteroatoms. The second kappa shape index (κ2) is 9.27. The minimum atomic E-state index is 0.0928. The van der Waals surface area contributed by atoms with Crippen LogP contribution in [0.25, 0.3) is 0 Å². The molecule has 2 aromatic rings. The van der Waals surface area contributed by atoms with Gasteiger partial charge in [0.05, 0.1) is 0 Å². The summed E-state index contributed by atoms with van der Waals surface area (Å²) in [6.07, 6.45) is 4.81. The largest absolute Gasteiger partial charge is 0.372 e. The van der Waals surface area contributed by atoms with Crippen LogP contribution in [0.15, 0.2) is 48.5 Å². The maximum atomic E-state index is 12.6. The van der Waals surface area contributed by atoms with Crippen molar-refractivity contribution < 1.29 is 4.79 Å². The molecule has 0 N–H and O–H groups in total. The van der Waals surface area contributed by atoms with E-state index in [0.29, 0.717) is 0 Å². The Morgan fingerprint density at radius 3 is 1.71 bits per heavy atom. The minimum Gasteiger partial charge on any atom is -0.372 e. The van der Waals surface area contributed by atoms with Gasteiger partial charge >= 0.3 is 0 Å². The van der Waals surface area contributed by atoms with Gasteiger partial charge in [0.2, 0.25) is 0 Å². The lowest BCUT2D eigenvalue weighted by molar-refractivity contribution is 0.103. The number of ketones is 1. The van der Waals surface area contributed by atoms with E-state index in [2.05, 4.69) is 30.9 Å². The summed E-state index contributed by atoms with van der Waals surface area (Å²) < 4.78 is 0. The third-order valence-corrected chi connectivity index (χ3v) is 4.37. The van der Waals surface area contributed by atoms with Crippen molar-refractivity contribution in [2.45, 2.75) is 46.5 Å². The molecule has 0 aliphatic heterocycles. The first kappa shape index (κ1) is 18.3. The van der Waals surface area contributed by atoms with Crippen molar-refractivity contribution in [1.82, 2.24) is 0 Å². The zero-order valence-corrected chi connectivity index (χ0v) is 15.2. The van der Waals surface area contributed by atoms with Crippen LogP contribution in [0.5, 0.6) is 0 Å². The van der Waals surface area contributed by atoms with Gasteiger partial charge in [0.1, 0.15) is 0 Å². The van der Waals surface area contributed by atoms with Gasteiger partial charge in [-0.05, 0) is 44.0 Å². The van der Waals surface area contributed by atoms with E-state index in [-0.39, 0.29) is 5.78 Å². The van der Waals surface area contributed by atoms with E-state index in [4.69, 9.17) is 0 Å². The number of aryl methyl sites for hydroxylation is 1.